The smallest absolute Gasteiger partial charge is 0.0114 e. The third-order valence-electron chi connectivity index (χ3n) is 3.42. The minimum atomic E-state index is 0.498. The monoisotopic (exact) mass is 209 g/mol. The summed E-state index contributed by atoms with van der Waals surface area (Å²) in [5, 5.41) is 0. The molecule has 0 bridgehead atoms. The van der Waals surface area contributed by atoms with Gasteiger partial charge in [0.05, 0.1) is 0 Å². The van der Waals surface area contributed by atoms with E-state index in [2.05, 4.69) is 48.5 Å². The lowest BCUT2D eigenvalue weighted by molar-refractivity contribution is 0.741. The molecule has 1 heteroatoms. The van der Waals surface area contributed by atoms with Crippen LogP contribution in [-0.2, 0) is 0 Å². The largest absolute Gasteiger partial charge is 0.330 e. The standard InChI is InChI=1S/C15H15N/c16-10-9-15-13-7-3-1-5-11(13)12-6-2-4-8-14(12)15/h1-8,15H,9-10,16H2. The van der Waals surface area contributed by atoms with Gasteiger partial charge in [-0.05, 0) is 35.2 Å². The SMILES string of the molecule is NCCC1c2ccccc2-c2ccccc21. The summed E-state index contributed by atoms with van der Waals surface area (Å²) in [6, 6.07) is 17.4. The Morgan fingerprint density at radius 1 is 0.812 bits per heavy atom. The van der Waals surface area contributed by atoms with Crippen LogP contribution in [-0.4, -0.2) is 6.54 Å². The highest BCUT2D eigenvalue weighted by Crippen LogP contribution is 2.45. The molecule has 0 aliphatic heterocycles. The molecular formula is C15H15N. The molecule has 0 spiro atoms. The Hall–Kier alpha value is -1.60. The van der Waals surface area contributed by atoms with Gasteiger partial charge in [-0.1, -0.05) is 48.5 Å². The summed E-state index contributed by atoms with van der Waals surface area (Å²) in [5.74, 6) is 0.498. The van der Waals surface area contributed by atoms with Crippen molar-refractivity contribution in [2.75, 3.05) is 6.54 Å². The maximum Gasteiger partial charge on any atom is 0.0114 e. The van der Waals surface area contributed by atoms with Crippen molar-refractivity contribution in [3.63, 3.8) is 0 Å². The van der Waals surface area contributed by atoms with E-state index in [1.807, 2.05) is 0 Å². The van der Waals surface area contributed by atoms with Gasteiger partial charge in [0.25, 0.3) is 0 Å². The van der Waals surface area contributed by atoms with Gasteiger partial charge in [0.2, 0.25) is 0 Å². The van der Waals surface area contributed by atoms with Gasteiger partial charge in [-0.15, -0.1) is 0 Å². The highest BCUT2D eigenvalue weighted by Gasteiger charge is 2.26. The molecule has 2 N–H and O–H groups in total. The molecule has 1 aliphatic carbocycles. The van der Waals surface area contributed by atoms with Crippen molar-refractivity contribution in [3.8, 4) is 11.1 Å². The quantitative estimate of drug-likeness (QED) is 0.807. The van der Waals surface area contributed by atoms with Crippen LogP contribution < -0.4 is 5.73 Å². The first-order valence-electron chi connectivity index (χ1n) is 5.80. The maximum atomic E-state index is 5.72. The third-order valence-corrected chi connectivity index (χ3v) is 3.42. The van der Waals surface area contributed by atoms with Gasteiger partial charge in [-0.2, -0.15) is 0 Å². The molecule has 0 saturated heterocycles. The molecule has 1 nitrogen and oxygen atoms in total. The fourth-order valence-corrected chi connectivity index (χ4v) is 2.74. The highest BCUT2D eigenvalue weighted by atomic mass is 14.5. The second kappa shape index (κ2) is 3.76. The van der Waals surface area contributed by atoms with Crippen molar-refractivity contribution >= 4 is 0 Å². The van der Waals surface area contributed by atoms with Crippen molar-refractivity contribution in [3.05, 3.63) is 59.7 Å². The van der Waals surface area contributed by atoms with Gasteiger partial charge in [0.1, 0.15) is 0 Å². The molecule has 0 heterocycles. The van der Waals surface area contributed by atoms with E-state index in [9.17, 15) is 0 Å². The minimum Gasteiger partial charge on any atom is -0.330 e. The second-order valence-electron chi connectivity index (χ2n) is 4.30. The molecule has 80 valence electrons. The molecular weight excluding hydrogens is 194 g/mol. The normalized spacial score (nSPS) is 13.6. The first-order chi connectivity index (χ1) is 7.92. The lowest BCUT2D eigenvalue weighted by Gasteiger charge is -2.11. The summed E-state index contributed by atoms with van der Waals surface area (Å²) in [4.78, 5) is 0. The lowest BCUT2D eigenvalue weighted by atomic mass is 9.94. The van der Waals surface area contributed by atoms with E-state index in [0.717, 1.165) is 13.0 Å². The van der Waals surface area contributed by atoms with Crippen LogP contribution in [0.15, 0.2) is 48.5 Å². The molecule has 0 saturated carbocycles. The van der Waals surface area contributed by atoms with E-state index < -0.39 is 0 Å². The number of hydrogen-bond donors (Lipinski definition) is 1. The molecule has 0 fully saturated rings. The predicted octanol–water partition coefficient (Wildman–Crippen LogP) is 3.15. The van der Waals surface area contributed by atoms with Gasteiger partial charge >= 0.3 is 0 Å². The van der Waals surface area contributed by atoms with Crippen LogP contribution in [0.2, 0.25) is 0 Å². The number of fused-ring (bicyclic) bond motifs is 3. The van der Waals surface area contributed by atoms with E-state index in [-0.39, 0.29) is 0 Å². The molecule has 1 aliphatic rings. The van der Waals surface area contributed by atoms with Gasteiger partial charge < -0.3 is 5.73 Å². The van der Waals surface area contributed by atoms with E-state index in [4.69, 9.17) is 5.73 Å². The Morgan fingerprint density at radius 3 is 1.81 bits per heavy atom. The topological polar surface area (TPSA) is 26.0 Å². The molecule has 0 unspecified atom stereocenters. The van der Waals surface area contributed by atoms with E-state index >= 15 is 0 Å². The van der Waals surface area contributed by atoms with Crippen molar-refractivity contribution in [1.29, 1.82) is 0 Å². The van der Waals surface area contributed by atoms with Crippen molar-refractivity contribution in [2.24, 2.45) is 5.73 Å². The Balaban J connectivity index is 2.21. The summed E-state index contributed by atoms with van der Waals surface area (Å²) in [6.07, 6.45) is 1.04. The molecule has 3 rings (SSSR count). The maximum absolute atomic E-state index is 5.72. The number of nitrogens with two attached hydrogens (primary N) is 1. The van der Waals surface area contributed by atoms with Gasteiger partial charge in [-0.25, -0.2) is 0 Å². The molecule has 0 radical (unpaired) electrons. The van der Waals surface area contributed by atoms with Crippen LogP contribution in [0.25, 0.3) is 11.1 Å². The fourth-order valence-electron chi connectivity index (χ4n) is 2.74. The highest BCUT2D eigenvalue weighted by molar-refractivity contribution is 5.78. The van der Waals surface area contributed by atoms with Crippen LogP contribution in [0.5, 0.6) is 0 Å². The first-order valence-corrected chi connectivity index (χ1v) is 5.80. The second-order valence-corrected chi connectivity index (χ2v) is 4.30. The summed E-state index contributed by atoms with van der Waals surface area (Å²) in [5.41, 5.74) is 11.4. The molecule has 0 atom stereocenters. The van der Waals surface area contributed by atoms with Crippen LogP contribution >= 0.6 is 0 Å². The zero-order valence-electron chi connectivity index (χ0n) is 9.19. The van der Waals surface area contributed by atoms with Crippen LogP contribution in [0, 0.1) is 0 Å². The zero-order valence-corrected chi connectivity index (χ0v) is 9.19. The average Bonchev–Trinajstić information content (AvgIpc) is 2.66. The Morgan fingerprint density at radius 2 is 1.31 bits per heavy atom. The first kappa shape index (κ1) is 9.61. The molecule has 0 aromatic heterocycles. The molecule has 16 heavy (non-hydrogen) atoms. The van der Waals surface area contributed by atoms with Crippen LogP contribution in [0.3, 0.4) is 0 Å². The van der Waals surface area contributed by atoms with Crippen molar-refractivity contribution in [1.82, 2.24) is 0 Å². The number of hydrogen-bond acceptors (Lipinski definition) is 1. The number of benzene rings is 2. The average molecular weight is 209 g/mol. The van der Waals surface area contributed by atoms with Crippen LogP contribution in [0.4, 0.5) is 0 Å². The predicted molar refractivity (Wildman–Crippen MR) is 67.4 cm³/mol. The number of rotatable bonds is 2. The van der Waals surface area contributed by atoms with Crippen molar-refractivity contribution in [2.45, 2.75) is 12.3 Å². The molecule has 2 aromatic carbocycles. The van der Waals surface area contributed by atoms with Crippen molar-refractivity contribution < 1.29 is 0 Å². The third kappa shape index (κ3) is 1.29. The summed E-state index contributed by atoms with van der Waals surface area (Å²) in [7, 11) is 0. The lowest BCUT2D eigenvalue weighted by Crippen LogP contribution is -2.06. The summed E-state index contributed by atoms with van der Waals surface area (Å²) < 4.78 is 0. The summed E-state index contributed by atoms with van der Waals surface area (Å²) >= 11 is 0. The van der Waals surface area contributed by atoms with Gasteiger partial charge in [-0.3, -0.25) is 0 Å². The Kier molecular flexibility index (Phi) is 2.26. The van der Waals surface area contributed by atoms with Crippen LogP contribution in [0.1, 0.15) is 23.5 Å². The summed E-state index contributed by atoms with van der Waals surface area (Å²) in [6.45, 7) is 0.743. The Labute approximate surface area is 95.9 Å². The molecule has 2 aromatic rings. The van der Waals surface area contributed by atoms with E-state index in [1.54, 1.807) is 0 Å². The molecule has 0 amide bonds. The Bertz CT molecular complexity index is 471. The fraction of sp³-hybridized carbons (Fsp3) is 0.200. The van der Waals surface area contributed by atoms with Gasteiger partial charge in [0, 0.05) is 5.92 Å². The zero-order chi connectivity index (χ0) is 11.0. The van der Waals surface area contributed by atoms with Gasteiger partial charge in [0.15, 0.2) is 0 Å². The minimum absolute atomic E-state index is 0.498. The van der Waals surface area contributed by atoms with E-state index in [1.165, 1.54) is 22.3 Å². The van der Waals surface area contributed by atoms with E-state index in [0.29, 0.717) is 5.92 Å².